The summed E-state index contributed by atoms with van der Waals surface area (Å²) in [4.78, 5) is 11.4. The van der Waals surface area contributed by atoms with Crippen LogP contribution in [-0.2, 0) is 11.2 Å². The first-order valence-electron chi connectivity index (χ1n) is 4.91. The Kier molecular flexibility index (Phi) is 5.15. The molecule has 0 spiro atoms. The minimum absolute atomic E-state index is 0.0457. The zero-order valence-corrected chi connectivity index (χ0v) is 9.56. The number of carbonyl (C=O) groups excluding carboxylic acids is 1. The number of rotatable bonds is 6. The lowest BCUT2D eigenvalue weighted by atomic mass is 10.1. The molecule has 4 heteroatoms. The molecule has 0 amide bonds. The van der Waals surface area contributed by atoms with Crippen molar-refractivity contribution in [1.82, 2.24) is 5.32 Å². The molecule has 0 aliphatic carbocycles. The molecule has 0 fully saturated rings. The Balaban J connectivity index is 2.56. The Morgan fingerprint density at radius 1 is 1.56 bits per heavy atom. The van der Waals surface area contributed by atoms with E-state index in [1.54, 1.807) is 18.2 Å². The third-order valence-corrected chi connectivity index (χ3v) is 2.32. The second kappa shape index (κ2) is 6.40. The van der Waals surface area contributed by atoms with Gasteiger partial charge in [0.15, 0.2) is 5.78 Å². The molecule has 2 nitrogen and oxygen atoms in total. The number of ketones is 1. The average molecular weight is 242 g/mol. The maximum absolute atomic E-state index is 13.4. The van der Waals surface area contributed by atoms with Crippen molar-refractivity contribution in [3.63, 3.8) is 0 Å². The summed E-state index contributed by atoms with van der Waals surface area (Å²) in [6, 6.07) is 4.65. The van der Waals surface area contributed by atoms with Crippen LogP contribution in [0.25, 0.3) is 0 Å². The van der Waals surface area contributed by atoms with E-state index >= 15 is 0 Å². The molecule has 16 heavy (non-hydrogen) atoms. The number of hydrogen-bond donors (Lipinski definition) is 1. The van der Waals surface area contributed by atoms with Crippen molar-refractivity contribution in [1.29, 1.82) is 0 Å². The minimum atomic E-state index is -0.513. The molecule has 0 aliphatic rings. The summed E-state index contributed by atoms with van der Waals surface area (Å²) in [7, 11) is 0. The second-order valence-corrected chi connectivity index (χ2v) is 3.76. The molecule has 1 aromatic carbocycles. The van der Waals surface area contributed by atoms with E-state index in [2.05, 4.69) is 11.9 Å². The lowest BCUT2D eigenvalue weighted by molar-refractivity contribution is -0.117. The molecule has 0 aromatic heterocycles. The van der Waals surface area contributed by atoms with Crippen molar-refractivity contribution < 1.29 is 9.18 Å². The summed E-state index contributed by atoms with van der Waals surface area (Å²) < 4.78 is 13.4. The van der Waals surface area contributed by atoms with Gasteiger partial charge in [0.2, 0.25) is 0 Å². The highest BCUT2D eigenvalue weighted by Crippen LogP contribution is 2.18. The van der Waals surface area contributed by atoms with Crippen molar-refractivity contribution >= 4 is 17.4 Å². The normalized spacial score (nSPS) is 10.1. The van der Waals surface area contributed by atoms with Crippen molar-refractivity contribution in [3.8, 4) is 0 Å². The number of carbonyl (C=O) groups is 1. The maximum Gasteiger partial charge on any atom is 0.151 e. The monoisotopic (exact) mass is 241 g/mol. The number of nitrogens with one attached hydrogen (secondary N) is 1. The SMILES string of the molecule is C=CCNCC(=O)Cc1cccc(Cl)c1F. The van der Waals surface area contributed by atoms with Gasteiger partial charge in [0.05, 0.1) is 11.6 Å². The number of Topliss-reactive ketones (excluding diaryl/α,β-unsaturated/α-hetero) is 1. The fourth-order valence-corrected chi connectivity index (χ4v) is 1.47. The van der Waals surface area contributed by atoms with Crippen molar-refractivity contribution in [2.75, 3.05) is 13.1 Å². The molecule has 0 atom stereocenters. The van der Waals surface area contributed by atoms with Crippen LogP contribution in [0.15, 0.2) is 30.9 Å². The molecule has 1 rings (SSSR count). The predicted molar refractivity (Wildman–Crippen MR) is 63.2 cm³/mol. The highest BCUT2D eigenvalue weighted by molar-refractivity contribution is 6.30. The summed E-state index contributed by atoms with van der Waals surface area (Å²) in [6.45, 7) is 4.28. The Morgan fingerprint density at radius 2 is 2.31 bits per heavy atom. The van der Waals surface area contributed by atoms with Gasteiger partial charge < -0.3 is 5.32 Å². The van der Waals surface area contributed by atoms with Gasteiger partial charge in [-0.2, -0.15) is 0 Å². The predicted octanol–water partition coefficient (Wildman–Crippen LogP) is 2.37. The Bertz CT molecular complexity index is 393. The fraction of sp³-hybridized carbons (Fsp3) is 0.250. The van der Waals surface area contributed by atoms with Crippen LogP contribution in [0.4, 0.5) is 4.39 Å². The zero-order chi connectivity index (χ0) is 12.0. The van der Waals surface area contributed by atoms with E-state index in [9.17, 15) is 9.18 Å². The summed E-state index contributed by atoms with van der Waals surface area (Å²) >= 11 is 5.61. The van der Waals surface area contributed by atoms with Crippen LogP contribution < -0.4 is 5.32 Å². The van der Waals surface area contributed by atoms with E-state index < -0.39 is 5.82 Å². The first-order valence-corrected chi connectivity index (χ1v) is 5.29. The van der Waals surface area contributed by atoms with Gasteiger partial charge in [-0.25, -0.2) is 4.39 Å². The summed E-state index contributed by atoms with van der Waals surface area (Å²) in [6.07, 6.45) is 1.71. The molecule has 1 aromatic rings. The first-order chi connectivity index (χ1) is 7.65. The van der Waals surface area contributed by atoms with Gasteiger partial charge >= 0.3 is 0 Å². The van der Waals surface area contributed by atoms with Crippen LogP contribution in [0.3, 0.4) is 0 Å². The summed E-state index contributed by atoms with van der Waals surface area (Å²) in [5, 5.41) is 2.91. The van der Waals surface area contributed by atoms with Gasteiger partial charge in [-0.05, 0) is 11.6 Å². The Hall–Kier alpha value is -1.19. The lowest BCUT2D eigenvalue weighted by Crippen LogP contribution is -2.24. The highest BCUT2D eigenvalue weighted by Gasteiger charge is 2.09. The van der Waals surface area contributed by atoms with Crippen molar-refractivity contribution in [2.24, 2.45) is 0 Å². The quantitative estimate of drug-likeness (QED) is 0.612. The summed E-state index contributed by atoms with van der Waals surface area (Å²) in [5.74, 6) is -0.593. The van der Waals surface area contributed by atoms with E-state index in [4.69, 9.17) is 11.6 Å². The van der Waals surface area contributed by atoms with Gasteiger partial charge in [-0.3, -0.25) is 4.79 Å². The van der Waals surface area contributed by atoms with Crippen LogP contribution in [0.5, 0.6) is 0 Å². The molecule has 0 saturated heterocycles. The summed E-state index contributed by atoms with van der Waals surface area (Å²) in [5.41, 5.74) is 0.331. The maximum atomic E-state index is 13.4. The van der Waals surface area contributed by atoms with E-state index in [0.717, 1.165) is 0 Å². The van der Waals surface area contributed by atoms with Crippen LogP contribution in [-0.4, -0.2) is 18.9 Å². The van der Waals surface area contributed by atoms with E-state index in [1.165, 1.54) is 6.07 Å². The number of halogens is 2. The topological polar surface area (TPSA) is 29.1 Å². The molecule has 86 valence electrons. The van der Waals surface area contributed by atoms with Crippen LogP contribution in [0.1, 0.15) is 5.56 Å². The lowest BCUT2D eigenvalue weighted by Gasteiger charge is -2.04. The Labute approximate surface area is 99.1 Å². The van der Waals surface area contributed by atoms with Crippen LogP contribution in [0.2, 0.25) is 5.02 Å². The van der Waals surface area contributed by atoms with Crippen molar-refractivity contribution in [2.45, 2.75) is 6.42 Å². The van der Waals surface area contributed by atoms with Gasteiger partial charge in [-0.15, -0.1) is 6.58 Å². The number of benzene rings is 1. The minimum Gasteiger partial charge on any atom is -0.307 e. The number of hydrogen-bond acceptors (Lipinski definition) is 2. The van der Waals surface area contributed by atoms with Gasteiger partial charge in [0.25, 0.3) is 0 Å². The molecule has 1 N–H and O–H groups in total. The van der Waals surface area contributed by atoms with Gasteiger partial charge in [0.1, 0.15) is 5.82 Å². The molecule has 0 saturated carbocycles. The van der Waals surface area contributed by atoms with E-state index in [0.29, 0.717) is 12.1 Å². The van der Waals surface area contributed by atoms with Gasteiger partial charge in [0, 0.05) is 13.0 Å². The average Bonchev–Trinajstić information content (AvgIpc) is 2.25. The molecule has 0 unspecified atom stereocenters. The largest absolute Gasteiger partial charge is 0.307 e. The van der Waals surface area contributed by atoms with E-state index in [-0.39, 0.29) is 23.8 Å². The first kappa shape index (κ1) is 12.9. The standard InChI is InChI=1S/C12H13ClFNO/c1-2-6-15-8-10(16)7-9-4-3-5-11(13)12(9)14/h2-5,15H,1,6-8H2. The molecule has 0 radical (unpaired) electrons. The Morgan fingerprint density at radius 3 is 3.00 bits per heavy atom. The fourth-order valence-electron chi connectivity index (χ4n) is 1.27. The van der Waals surface area contributed by atoms with E-state index in [1.807, 2.05) is 0 Å². The highest BCUT2D eigenvalue weighted by atomic mass is 35.5. The molecular weight excluding hydrogens is 229 g/mol. The zero-order valence-electron chi connectivity index (χ0n) is 8.80. The third kappa shape index (κ3) is 3.76. The molecule has 0 heterocycles. The van der Waals surface area contributed by atoms with Gasteiger partial charge in [-0.1, -0.05) is 29.8 Å². The van der Waals surface area contributed by atoms with Crippen molar-refractivity contribution in [3.05, 3.63) is 47.3 Å². The second-order valence-electron chi connectivity index (χ2n) is 3.35. The van der Waals surface area contributed by atoms with Crippen LogP contribution >= 0.6 is 11.6 Å². The smallest absolute Gasteiger partial charge is 0.151 e. The third-order valence-electron chi connectivity index (χ3n) is 2.03. The molecular formula is C12H13ClFNO. The molecule has 0 bridgehead atoms. The molecule has 0 aliphatic heterocycles. The van der Waals surface area contributed by atoms with Crippen LogP contribution in [0, 0.1) is 5.82 Å².